The number of anilines is 2. The maximum atomic E-state index is 11.4. The molecule has 0 aliphatic rings. The summed E-state index contributed by atoms with van der Waals surface area (Å²) < 4.78 is 56.8. The second-order valence-corrected chi connectivity index (χ2v) is 9.71. The van der Waals surface area contributed by atoms with Crippen LogP contribution in [0.2, 0.25) is 0 Å². The van der Waals surface area contributed by atoms with Crippen LogP contribution < -0.4 is 15.7 Å². The first-order valence-corrected chi connectivity index (χ1v) is 9.41. The number of hydrogen-bond donors (Lipinski definition) is 3. The zero-order valence-electron chi connectivity index (χ0n) is 9.95. The maximum absolute atomic E-state index is 11.4. The number of nitrogens with two attached hydrogens (primary N) is 2. The first-order valence-electron chi connectivity index (χ1n) is 4.71. The van der Waals surface area contributed by atoms with Gasteiger partial charge in [-0.25, -0.2) is 0 Å². The summed E-state index contributed by atoms with van der Waals surface area (Å²) in [6.07, 6.45) is 0. The van der Waals surface area contributed by atoms with E-state index in [1.807, 2.05) is 0 Å². The van der Waals surface area contributed by atoms with Gasteiger partial charge in [0.2, 0.25) is 0 Å². The van der Waals surface area contributed by atoms with Crippen LogP contribution >= 0.6 is 9.83 Å². The Morgan fingerprint density at radius 3 is 2.16 bits per heavy atom. The second kappa shape index (κ2) is 5.07. The van der Waals surface area contributed by atoms with Crippen LogP contribution in [-0.4, -0.2) is 21.4 Å². The van der Waals surface area contributed by atoms with Crippen molar-refractivity contribution in [3.63, 3.8) is 0 Å². The molecule has 11 heteroatoms. The second-order valence-electron chi connectivity index (χ2n) is 3.61. The molecular formula is C8H12N2O6S3. The Balaban J connectivity index is 3.21. The van der Waals surface area contributed by atoms with Gasteiger partial charge in [-0.3, -0.25) is 4.55 Å². The average molecular weight is 328 g/mol. The fraction of sp³-hybridized carbons (Fsp3) is 0.250. The largest absolute Gasteiger partial charge is 0.398 e. The highest BCUT2D eigenvalue weighted by atomic mass is 33.5. The van der Waals surface area contributed by atoms with Gasteiger partial charge in [-0.15, -0.1) is 0 Å². The van der Waals surface area contributed by atoms with Gasteiger partial charge >= 0.3 is 18.3 Å². The summed E-state index contributed by atoms with van der Waals surface area (Å²) in [7, 11) is -10.2. The molecule has 1 aromatic rings. The molecule has 0 radical (unpaired) electrons. The minimum atomic E-state index is -4.81. The molecule has 1 aromatic carbocycles. The number of hydrogen-bond acceptors (Lipinski definition) is 8. The predicted molar refractivity (Wildman–Crippen MR) is 73.4 cm³/mol. The van der Waals surface area contributed by atoms with Gasteiger partial charge in [0.1, 0.15) is 0 Å². The van der Waals surface area contributed by atoms with Crippen molar-refractivity contribution in [1.29, 1.82) is 0 Å². The Bertz CT molecular complexity index is 710. The lowest BCUT2D eigenvalue weighted by molar-refractivity contribution is 0.501. The molecule has 0 aliphatic carbocycles. The van der Waals surface area contributed by atoms with E-state index in [9.17, 15) is 16.8 Å². The Labute approximate surface area is 113 Å². The lowest BCUT2D eigenvalue weighted by Crippen LogP contribution is -2.10. The third kappa shape index (κ3) is 4.16. The molecule has 5 N–H and O–H groups in total. The summed E-state index contributed by atoms with van der Waals surface area (Å²) in [5.41, 5.74) is 12.7. The standard InChI is InChI=1S/C8H12N2O6S3/c1-4-5(2)8(10)7(3-6(4)9)16-19(14,15)17-18(11,12)13/h3H,9-10H2,1-2H3,(H,11,12,13). The highest BCUT2D eigenvalue weighted by Gasteiger charge is 2.25. The van der Waals surface area contributed by atoms with E-state index < -0.39 is 28.1 Å². The fourth-order valence-electron chi connectivity index (χ4n) is 1.23. The number of rotatable bonds is 4. The molecule has 108 valence electrons. The first kappa shape index (κ1) is 15.9. The highest BCUT2D eigenvalue weighted by molar-refractivity contribution is 9.02. The van der Waals surface area contributed by atoms with Crippen LogP contribution in [0, 0.1) is 13.8 Å². The van der Waals surface area contributed by atoms with Crippen molar-refractivity contribution in [2.75, 3.05) is 11.5 Å². The van der Waals surface area contributed by atoms with Crippen LogP contribution in [0.25, 0.3) is 0 Å². The summed E-state index contributed by atoms with van der Waals surface area (Å²) >= 11 is 0. The quantitative estimate of drug-likeness (QED) is 0.410. The molecule has 0 spiro atoms. The van der Waals surface area contributed by atoms with Crippen molar-refractivity contribution < 1.29 is 25.6 Å². The summed E-state index contributed by atoms with van der Waals surface area (Å²) in [5, 5.41) is 0. The molecule has 0 bridgehead atoms. The third-order valence-electron chi connectivity index (χ3n) is 2.31. The lowest BCUT2D eigenvalue weighted by atomic mass is 10.1. The van der Waals surface area contributed by atoms with Crippen LogP contribution in [0.1, 0.15) is 11.1 Å². The van der Waals surface area contributed by atoms with Crippen LogP contribution in [0.4, 0.5) is 11.4 Å². The van der Waals surface area contributed by atoms with Gasteiger partial charge in [0, 0.05) is 11.8 Å². The molecule has 0 heterocycles. The van der Waals surface area contributed by atoms with Crippen LogP contribution in [0.5, 0.6) is 5.75 Å². The van der Waals surface area contributed by atoms with Crippen molar-refractivity contribution in [1.82, 2.24) is 0 Å². The van der Waals surface area contributed by atoms with Crippen LogP contribution in [-0.2, 0) is 18.3 Å². The molecule has 0 unspecified atom stereocenters. The van der Waals surface area contributed by atoms with E-state index in [4.69, 9.17) is 16.0 Å². The van der Waals surface area contributed by atoms with Crippen LogP contribution in [0.3, 0.4) is 0 Å². The smallest absolute Gasteiger partial charge is 0.383 e. The first-order chi connectivity index (χ1) is 8.43. The summed E-state index contributed by atoms with van der Waals surface area (Å²) in [4.78, 5) is 0. The monoisotopic (exact) mass is 328 g/mol. The van der Waals surface area contributed by atoms with E-state index in [0.717, 1.165) is 0 Å². The highest BCUT2D eigenvalue weighted by Crippen LogP contribution is 2.34. The van der Waals surface area contributed by atoms with E-state index in [0.29, 0.717) is 11.1 Å². The number of nitrogen functional groups attached to an aromatic ring is 2. The molecule has 0 aromatic heterocycles. The predicted octanol–water partition coefficient (Wildman–Crippen LogP) is 0.627. The summed E-state index contributed by atoms with van der Waals surface area (Å²) in [6, 6.07) is 1.17. The van der Waals surface area contributed by atoms with E-state index in [1.165, 1.54) is 6.07 Å². The molecule has 0 saturated carbocycles. The Kier molecular flexibility index (Phi) is 4.24. The van der Waals surface area contributed by atoms with E-state index in [-0.39, 0.29) is 17.1 Å². The molecule has 8 nitrogen and oxygen atoms in total. The molecule has 0 amide bonds. The summed E-state index contributed by atoms with van der Waals surface area (Å²) in [6.45, 7) is 3.29. The Morgan fingerprint density at radius 1 is 1.16 bits per heavy atom. The zero-order chi connectivity index (χ0) is 15.0. The van der Waals surface area contributed by atoms with Crippen molar-refractivity contribution in [3.05, 3.63) is 17.2 Å². The molecule has 0 fully saturated rings. The number of benzene rings is 1. The molecule has 1 rings (SSSR count). The van der Waals surface area contributed by atoms with Gasteiger partial charge in [-0.2, -0.15) is 16.8 Å². The molecular weight excluding hydrogens is 316 g/mol. The van der Waals surface area contributed by atoms with E-state index >= 15 is 0 Å². The SMILES string of the molecule is Cc1c(N)cc(OS(=O)(=O)SS(=O)(=O)O)c(N)c1C. The molecule has 0 aliphatic heterocycles. The topological polar surface area (TPSA) is 150 Å². The average Bonchev–Trinajstić information content (AvgIpc) is 2.19. The van der Waals surface area contributed by atoms with Crippen LogP contribution in [0.15, 0.2) is 6.07 Å². The third-order valence-corrected chi connectivity index (χ3v) is 7.30. The zero-order valence-corrected chi connectivity index (χ0v) is 12.4. The lowest BCUT2D eigenvalue weighted by Gasteiger charge is -2.13. The van der Waals surface area contributed by atoms with Crippen molar-refractivity contribution in [2.24, 2.45) is 0 Å². The normalized spacial score (nSPS) is 12.4. The maximum Gasteiger partial charge on any atom is 0.383 e. The Morgan fingerprint density at radius 2 is 1.68 bits per heavy atom. The summed E-state index contributed by atoms with van der Waals surface area (Å²) in [5.74, 6) is -0.295. The Hall–Kier alpha value is -1.17. The molecule has 19 heavy (non-hydrogen) atoms. The van der Waals surface area contributed by atoms with E-state index in [1.54, 1.807) is 13.8 Å². The van der Waals surface area contributed by atoms with Crippen molar-refractivity contribution in [3.8, 4) is 5.75 Å². The van der Waals surface area contributed by atoms with Crippen molar-refractivity contribution >= 4 is 39.5 Å². The molecule has 0 atom stereocenters. The van der Waals surface area contributed by atoms with Gasteiger partial charge in [-0.1, -0.05) is 0 Å². The fourth-order valence-corrected chi connectivity index (χ4v) is 4.91. The van der Waals surface area contributed by atoms with E-state index in [2.05, 4.69) is 4.18 Å². The minimum Gasteiger partial charge on any atom is -0.398 e. The van der Waals surface area contributed by atoms with Gasteiger partial charge in [0.25, 0.3) is 0 Å². The van der Waals surface area contributed by atoms with Crippen molar-refractivity contribution in [2.45, 2.75) is 13.8 Å². The minimum absolute atomic E-state index is 0.0196. The van der Waals surface area contributed by atoms with Gasteiger partial charge < -0.3 is 15.7 Å². The van der Waals surface area contributed by atoms with Gasteiger partial charge in [0.05, 0.1) is 5.69 Å². The van der Waals surface area contributed by atoms with Gasteiger partial charge in [0.15, 0.2) is 15.6 Å². The molecule has 0 saturated heterocycles. The van der Waals surface area contributed by atoms with Gasteiger partial charge in [-0.05, 0) is 25.0 Å².